The van der Waals surface area contributed by atoms with Crippen LogP contribution < -0.4 is 9.50 Å². The lowest BCUT2D eigenvalue weighted by atomic mass is 10.1. The molecule has 1 N–H and O–H groups in total. The van der Waals surface area contributed by atoms with Crippen LogP contribution in [0.4, 0.5) is 5.13 Å². The fourth-order valence-electron chi connectivity index (χ4n) is 2.88. The van der Waals surface area contributed by atoms with Crippen molar-refractivity contribution >= 4 is 48.4 Å². The van der Waals surface area contributed by atoms with Gasteiger partial charge in [-0.3, -0.25) is 10.1 Å². The molecule has 0 saturated carbocycles. The van der Waals surface area contributed by atoms with E-state index in [0.717, 1.165) is 5.56 Å². The third-order valence-electron chi connectivity index (χ3n) is 4.52. The molecule has 0 unspecified atom stereocenters. The summed E-state index contributed by atoms with van der Waals surface area (Å²) in [4.78, 5) is 12.5. The standard InChI is InChI=1S/C23H22N4O6S3/c1-15(2)14-35(29,30)23-27-26-22(34-23)25-21(28)18(13-24)12-17-6-8-19(9-7-17)33-36(31,32)20-10-4-16(3)5-11-20/h4-12,15H,14H2,1-3H3,(H,25,26,28)/b18-12-. The van der Waals surface area contributed by atoms with Crippen LogP contribution in [0.2, 0.25) is 0 Å². The van der Waals surface area contributed by atoms with Crippen LogP contribution in [0.5, 0.6) is 5.75 Å². The van der Waals surface area contributed by atoms with Crippen LogP contribution in [0.1, 0.15) is 25.0 Å². The number of carbonyl (C=O) groups excluding carboxylic acids is 1. The van der Waals surface area contributed by atoms with Gasteiger partial charge < -0.3 is 4.18 Å². The summed E-state index contributed by atoms with van der Waals surface area (Å²) in [5, 5.41) is 19.0. The lowest BCUT2D eigenvalue weighted by Gasteiger charge is -2.07. The first-order chi connectivity index (χ1) is 16.9. The van der Waals surface area contributed by atoms with Crippen LogP contribution in [0.15, 0.2) is 63.3 Å². The smallest absolute Gasteiger partial charge is 0.339 e. The molecule has 0 saturated heterocycles. The quantitative estimate of drug-likeness (QED) is 0.183. The second kappa shape index (κ2) is 11.0. The van der Waals surface area contributed by atoms with Crippen molar-refractivity contribution in [1.29, 1.82) is 5.26 Å². The Hall–Kier alpha value is -3.60. The van der Waals surface area contributed by atoms with Crippen molar-refractivity contribution in [2.45, 2.75) is 30.0 Å². The molecule has 0 aliphatic rings. The summed E-state index contributed by atoms with van der Waals surface area (Å²) in [7, 11) is -7.65. The molecule has 1 heterocycles. The SMILES string of the molecule is Cc1ccc(S(=O)(=O)Oc2ccc(/C=C(/C#N)C(=O)Nc3nnc(S(=O)(=O)CC(C)C)s3)cc2)cc1. The van der Waals surface area contributed by atoms with E-state index in [4.69, 9.17) is 4.18 Å². The summed E-state index contributed by atoms with van der Waals surface area (Å²) < 4.78 is 54.3. The number of carbonyl (C=O) groups is 1. The predicted octanol–water partition coefficient (Wildman–Crippen LogP) is 3.59. The Morgan fingerprint density at radius 1 is 1.08 bits per heavy atom. The third kappa shape index (κ3) is 6.97. The number of nitriles is 1. The molecule has 0 atom stereocenters. The largest absolute Gasteiger partial charge is 0.379 e. The molecule has 1 aromatic heterocycles. The number of anilines is 1. The molecule has 0 radical (unpaired) electrons. The average Bonchev–Trinajstić information content (AvgIpc) is 3.27. The van der Waals surface area contributed by atoms with Gasteiger partial charge in [0.15, 0.2) is 0 Å². The van der Waals surface area contributed by atoms with E-state index in [9.17, 15) is 26.9 Å². The van der Waals surface area contributed by atoms with Gasteiger partial charge in [-0.1, -0.05) is 55.0 Å². The predicted molar refractivity (Wildman–Crippen MR) is 134 cm³/mol. The molecule has 0 spiro atoms. The minimum Gasteiger partial charge on any atom is -0.379 e. The van der Waals surface area contributed by atoms with E-state index in [1.165, 1.54) is 42.5 Å². The van der Waals surface area contributed by atoms with E-state index >= 15 is 0 Å². The molecular formula is C23H22N4O6S3. The number of hydrogen-bond donors (Lipinski definition) is 1. The van der Waals surface area contributed by atoms with E-state index in [1.54, 1.807) is 32.0 Å². The number of nitrogens with zero attached hydrogens (tertiary/aromatic N) is 3. The highest BCUT2D eigenvalue weighted by molar-refractivity contribution is 7.93. The number of sulfone groups is 1. The number of amides is 1. The van der Waals surface area contributed by atoms with E-state index in [0.29, 0.717) is 16.9 Å². The molecule has 0 fully saturated rings. The zero-order valence-electron chi connectivity index (χ0n) is 19.5. The Balaban J connectivity index is 1.71. The molecule has 3 rings (SSSR count). The van der Waals surface area contributed by atoms with E-state index in [1.807, 2.05) is 6.92 Å². The molecule has 1 amide bonds. The molecule has 3 aromatic rings. The van der Waals surface area contributed by atoms with Gasteiger partial charge in [-0.05, 0) is 48.7 Å². The molecule has 0 bridgehead atoms. The van der Waals surface area contributed by atoms with Crippen LogP contribution in [-0.2, 0) is 24.7 Å². The first kappa shape index (κ1) is 27.0. The van der Waals surface area contributed by atoms with Crippen molar-refractivity contribution in [1.82, 2.24) is 10.2 Å². The van der Waals surface area contributed by atoms with Crippen LogP contribution in [0, 0.1) is 24.2 Å². The van der Waals surface area contributed by atoms with Crippen molar-refractivity contribution in [3.05, 3.63) is 65.2 Å². The molecule has 13 heteroatoms. The Labute approximate surface area is 213 Å². The van der Waals surface area contributed by atoms with Crippen molar-refractivity contribution in [3.63, 3.8) is 0 Å². The summed E-state index contributed by atoms with van der Waals surface area (Å²) in [5.41, 5.74) is 1.06. The number of rotatable bonds is 9. The van der Waals surface area contributed by atoms with Crippen LogP contribution >= 0.6 is 11.3 Å². The summed E-state index contributed by atoms with van der Waals surface area (Å²) in [6.07, 6.45) is 1.28. The van der Waals surface area contributed by atoms with Gasteiger partial charge >= 0.3 is 10.1 Å². The minimum absolute atomic E-state index is 0.0114. The summed E-state index contributed by atoms with van der Waals surface area (Å²) in [5.74, 6) is -0.960. The van der Waals surface area contributed by atoms with Gasteiger partial charge in [-0.2, -0.15) is 13.7 Å². The molecule has 36 heavy (non-hydrogen) atoms. The lowest BCUT2D eigenvalue weighted by molar-refractivity contribution is -0.112. The van der Waals surface area contributed by atoms with Crippen molar-refractivity contribution in [2.75, 3.05) is 11.1 Å². The summed E-state index contributed by atoms with van der Waals surface area (Å²) in [6, 6.07) is 13.7. The molecule has 0 aliphatic heterocycles. The van der Waals surface area contributed by atoms with Gasteiger partial charge in [-0.15, -0.1) is 10.2 Å². The number of benzene rings is 2. The molecular weight excluding hydrogens is 524 g/mol. The Morgan fingerprint density at radius 3 is 2.31 bits per heavy atom. The number of nitrogens with one attached hydrogen (secondary N) is 1. The van der Waals surface area contributed by atoms with Gasteiger partial charge in [0.2, 0.25) is 19.3 Å². The van der Waals surface area contributed by atoms with E-state index in [-0.39, 0.29) is 37.4 Å². The van der Waals surface area contributed by atoms with Gasteiger partial charge in [0.05, 0.1) is 5.75 Å². The first-order valence-corrected chi connectivity index (χ1v) is 14.4. The fourth-order valence-corrected chi connectivity index (χ4v) is 6.41. The Bertz CT molecular complexity index is 1530. The minimum atomic E-state index is -4.02. The zero-order valence-corrected chi connectivity index (χ0v) is 21.9. The second-order valence-electron chi connectivity index (χ2n) is 8.09. The third-order valence-corrected chi connectivity index (χ3v) is 9.14. The summed E-state index contributed by atoms with van der Waals surface area (Å²) in [6.45, 7) is 5.35. The Morgan fingerprint density at radius 2 is 1.72 bits per heavy atom. The van der Waals surface area contributed by atoms with Gasteiger partial charge in [0.1, 0.15) is 22.3 Å². The topological polar surface area (TPSA) is 156 Å². The number of aromatic nitrogens is 2. The van der Waals surface area contributed by atoms with Crippen LogP contribution in [0.25, 0.3) is 6.08 Å². The highest BCUT2D eigenvalue weighted by Gasteiger charge is 2.23. The second-order valence-corrected chi connectivity index (χ2v) is 12.8. The maximum Gasteiger partial charge on any atom is 0.339 e. The maximum absolute atomic E-state index is 12.5. The molecule has 10 nitrogen and oxygen atoms in total. The first-order valence-electron chi connectivity index (χ1n) is 10.5. The number of aryl methyl sites for hydroxylation is 1. The van der Waals surface area contributed by atoms with Crippen molar-refractivity contribution < 1.29 is 25.8 Å². The van der Waals surface area contributed by atoms with Gasteiger partial charge in [0, 0.05) is 0 Å². The van der Waals surface area contributed by atoms with Crippen LogP contribution in [0.3, 0.4) is 0 Å². The monoisotopic (exact) mass is 546 g/mol. The van der Waals surface area contributed by atoms with E-state index in [2.05, 4.69) is 15.5 Å². The highest BCUT2D eigenvalue weighted by Crippen LogP contribution is 2.24. The zero-order chi connectivity index (χ0) is 26.5. The highest BCUT2D eigenvalue weighted by atomic mass is 32.2. The fraction of sp³-hybridized carbons (Fsp3) is 0.217. The van der Waals surface area contributed by atoms with Crippen molar-refractivity contribution in [2.24, 2.45) is 5.92 Å². The maximum atomic E-state index is 12.5. The van der Waals surface area contributed by atoms with Crippen LogP contribution in [-0.4, -0.2) is 38.7 Å². The molecule has 0 aliphatic carbocycles. The van der Waals surface area contributed by atoms with Gasteiger partial charge in [0.25, 0.3) is 5.91 Å². The summed E-state index contributed by atoms with van der Waals surface area (Å²) >= 11 is 0.698. The average molecular weight is 547 g/mol. The van der Waals surface area contributed by atoms with E-state index < -0.39 is 25.9 Å². The normalized spacial score (nSPS) is 12.2. The lowest BCUT2D eigenvalue weighted by Crippen LogP contribution is -2.13. The molecule has 2 aromatic carbocycles. The van der Waals surface area contributed by atoms with Crippen molar-refractivity contribution in [3.8, 4) is 11.8 Å². The number of hydrogen-bond acceptors (Lipinski definition) is 10. The molecule has 188 valence electrons. The Kier molecular flexibility index (Phi) is 8.24. The van der Waals surface area contributed by atoms with Gasteiger partial charge in [-0.25, -0.2) is 8.42 Å².